The Morgan fingerprint density at radius 2 is 2.11 bits per heavy atom. The topological polar surface area (TPSA) is 87.9 Å². The second-order valence-corrected chi connectivity index (χ2v) is 7.22. The highest BCUT2D eigenvalue weighted by Gasteiger charge is 2.33. The van der Waals surface area contributed by atoms with E-state index in [4.69, 9.17) is 9.26 Å². The van der Waals surface area contributed by atoms with Crippen LogP contribution in [0, 0.1) is 6.92 Å². The molecule has 1 atom stereocenters. The third kappa shape index (κ3) is 3.42. The van der Waals surface area contributed by atoms with Gasteiger partial charge in [0.1, 0.15) is 0 Å². The molecule has 3 heterocycles. The van der Waals surface area contributed by atoms with Crippen molar-refractivity contribution in [1.82, 2.24) is 10.1 Å². The first-order valence-corrected chi connectivity index (χ1v) is 9.56. The van der Waals surface area contributed by atoms with Gasteiger partial charge in [0.25, 0.3) is 0 Å². The number of anilines is 2. The van der Waals surface area contributed by atoms with Crippen LogP contribution in [0.2, 0.25) is 0 Å². The van der Waals surface area contributed by atoms with E-state index < -0.39 is 0 Å². The maximum absolute atomic E-state index is 12.9. The quantitative estimate of drug-likeness (QED) is 0.849. The van der Waals surface area contributed by atoms with Gasteiger partial charge in [-0.1, -0.05) is 5.16 Å². The molecule has 4 rings (SSSR count). The van der Waals surface area contributed by atoms with Crippen LogP contribution in [0.25, 0.3) is 0 Å². The summed E-state index contributed by atoms with van der Waals surface area (Å²) < 4.78 is 10.2. The summed E-state index contributed by atoms with van der Waals surface area (Å²) in [5.41, 5.74) is 3.40. The smallest absolute Gasteiger partial charge is 0.414 e. The first-order chi connectivity index (χ1) is 13.6. The van der Waals surface area contributed by atoms with Gasteiger partial charge >= 0.3 is 12.1 Å². The molecule has 0 unspecified atom stereocenters. The van der Waals surface area contributed by atoms with Crippen LogP contribution in [0.1, 0.15) is 42.3 Å². The van der Waals surface area contributed by atoms with Gasteiger partial charge in [-0.25, -0.2) is 9.59 Å². The van der Waals surface area contributed by atoms with E-state index in [9.17, 15) is 9.59 Å². The lowest BCUT2D eigenvalue weighted by molar-refractivity contribution is 0.178. The van der Waals surface area contributed by atoms with E-state index >= 15 is 0 Å². The molecule has 0 aliphatic carbocycles. The molecule has 28 heavy (non-hydrogen) atoms. The lowest BCUT2D eigenvalue weighted by Crippen LogP contribution is -2.36. The van der Waals surface area contributed by atoms with E-state index in [2.05, 4.69) is 10.5 Å². The summed E-state index contributed by atoms with van der Waals surface area (Å²) in [4.78, 5) is 28.2. The van der Waals surface area contributed by atoms with Crippen molar-refractivity contribution in [2.45, 2.75) is 38.6 Å². The summed E-state index contributed by atoms with van der Waals surface area (Å²) in [7, 11) is 1.38. The molecule has 1 aromatic carbocycles. The Labute approximate surface area is 163 Å². The first-order valence-electron chi connectivity index (χ1n) is 9.56. The molecule has 148 valence electrons. The Morgan fingerprint density at radius 3 is 2.86 bits per heavy atom. The molecule has 2 aromatic rings. The summed E-state index contributed by atoms with van der Waals surface area (Å²) in [6, 6.07) is 7.26. The van der Waals surface area contributed by atoms with E-state index in [0.29, 0.717) is 13.1 Å². The van der Waals surface area contributed by atoms with E-state index in [-0.39, 0.29) is 18.2 Å². The number of hydrogen-bond acceptors (Lipinski definition) is 5. The molecule has 0 bridgehead atoms. The molecule has 0 radical (unpaired) electrons. The van der Waals surface area contributed by atoms with Crippen LogP contribution >= 0.6 is 0 Å². The van der Waals surface area contributed by atoms with Gasteiger partial charge in [-0.3, -0.25) is 4.90 Å². The van der Waals surface area contributed by atoms with Crippen molar-refractivity contribution < 1.29 is 18.8 Å². The number of aromatic nitrogens is 1. The van der Waals surface area contributed by atoms with Crippen LogP contribution in [0.15, 0.2) is 28.8 Å². The largest absolute Gasteiger partial charge is 0.452 e. The number of aryl methyl sites for hydroxylation is 2. The van der Waals surface area contributed by atoms with Gasteiger partial charge < -0.3 is 19.5 Å². The van der Waals surface area contributed by atoms with Crippen molar-refractivity contribution in [3.63, 3.8) is 0 Å². The number of amides is 3. The number of benzene rings is 1. The number of fused-ring (bicyclic) bond motifs is 1. The van der Waals surface area contributed by atoms with Gasteiger partial charge in [-0.15, -0.1) is 0 Å². The summed E-state index contributed by atoms with van der Waals surface area (Å²) in [6.07, 6.45) is 3.14. The molecular formula is C20H24N4O4. The van der Waals surface area contributed by atoms with Crippen LogP contribution < -0.4 is 10.2 Å². The van der Waals surface area contributed by atoms with Crippen LogP contribution in [0.4, 0.5) is 21.0 Å². The Balaban J connectivity index is 1.50. The molecule has 8 heteroatoms. The highest BCUT2D eigenvalue weighted by Crippen LogP contribution is 2.34. The minimum Gasteiger partial charge on any atom is -0.452 e. The number of ether oxygens (including phenoxy) is 1. The van der Waals surface area contributed by atoms with E-state index in [0.717, 1.165) is 54.1 Å². The van der Waals surface area contributed by atoms with Gasteiger partial charge in [0.15, 0.2) is 5.76 Å². The molecular weight excluding hydrogens is 360 g/mol. The second kappa shape index (κ2) is 7.53. The zero-order chi connectivity index (χ0) is 19.7. The van der Waals surface area contributed by atoms with Crippen LogP contribution in [-0.4, -0.2) is 42.4 Å². The molecule has 1 aromatic heterocycles. The van der Waals surface area contributed by atoms with Gasteiger partial charge in [-0.2, -0.15) is 0 Å². The Hall–Kier alpha value is -3.03. The van der Waals surface area contributed by atoms with Crippen molar-refractivity contribution in [3.05, 3.63) is 41.3 Å². The van der Waals surface area contributed by atoms with Crippen molar-refractivity contribution >= 4 is 23.5 Å². The molecule has 2 aliphatic rings. The second-order valence-electron chi connectivity index (χ2n) is 7.22. The maximum atomic E-state index is 12.9. The van der Waals surface area contributed by atoms with E-state index in [1.165, 1.54) is 7.11 Å². The monoisotopic (exact) mass is 384 g/mol. The number of nitrogens with zero attached hydrogens (tertiary/aromatic N) is 3. The summed E-state index contributed by atoms with van der Waals surface area (Å²) in [6.45, 7) is 3.19. The molecule has 8 nitrogen and oxygen atoms in total. The Kier molecular flexibility index (Phi) is 4.93. The fourth-order valence-electron chi connectivity index (χ4n) is 4.02. The van der Waals surface area contributed by atoms with Crippen molar-refractivity contribution in [3.8, 4) is 0 Å². The minimum absolute atomic E-state index is 0.0892. The maximum Gasteiger partial charge on any atom is 0.414 e. The van der Waals surface area contributed by atoms with Crippen molar-refractivity contribution in [2.75, 3.05) is 30.4 Å². The summed E-state index contributed by atoms with van der Waals surface area (Å²) >= 11 is 0. The normalized spacial score (nSPS) is 18.7. The number of urea groups is 1. The fraction of sp³-hybridized carbons (Fsp3) is 0.450. The minimum atomic E-state index is -0.361. The van der Waals surface area contributed by atoms with E-state index in [1.807, 2.05) is 31.2 Å². The molecule has 0 spiro atoms. The summed E-state index contributed by atoms with van der Waals surface area (Å²) in [5, 5.41) is 6.93. The fourth-order valence-corrected chi connectivity index (χ4v) is 4.02. The molecule has 1 N–H and O–H groups in total. The number of carbonyl (C=O) groups is 2. The number of rotatable bonds is 2. The predicted molar refractivity (Wildman–Crippen MR) is 103 cm³/mol. The van der Waals surface area contributed by atoms with E-state index in [1.54, 1.807) is 9.80 Å². The standard InChI is InChI=1S/C20H24N4O4/c1-13-11-18(28-22-13)17-6-4-9-23(17)19(25)21-15-7-8-16-14(12-15)5-3-10-24(16)20(26)27-2/h7-8,11-12,17H,3-6,9-10H2,1-2H3,(H,21,25)/t17-/m0/s1. The number of hydrogen-bond donors (Lipinski definition) is 1. The number of carbonyl (C=O) groups excluding carboxylic acids is 2. The zero-order valence-electron chi connectivity index (χ0n) is 16.1. The molecule has 1 saturated heterocycles. The molecule has 2 aliphatic heterocycles. The van der Waals surface area contributed by atoms with Gasteiger partial charge in [0, 0.05) is 24.8 Å². The van der Waals surface area contributed by atoms with Crippen LogP contribution in [0.5, 0.6) is 0 Å². The highest BCUT2D eigenvalue weighted by molar-refractivity contribution is 5.92. The summed E-state index contributed by atoms with van der Waals surface area (Å²) in [5.74, 6) is 0.726. The highest BCUT2D eigenvalue weighted by atomic mass is 16.5. The van der Waals surface area contributed by atoms with Crippen molar-refractivity contribution in [2.24, 2.45) is 0 Å². The number of methoxy groups -OCH3 is 1. The molecule has 3 amide bonds. The lowest BCUT2D eigenvalue weighted by Gasteiger charge is -2.29. The molecule has 0 saturated carbocycles. The third-order valence-corrected chi connectivity index (χ3v) is 5.33. The van der Waals surface area contributed by atoms with Crippen LogP contribution in [-0.2, 0) is 11.2 Å². The van der Waals surface area contributed by atoms with Gasteiger partial charge in [-0.05, 0) is 56.4 Å². The lowest BCUT2D eigenvalue weighted by atomic mass is 10.0. The first kappa shape index (κ1) is 18.3. The van der Waals surface area contributed by atoms with Gasteiger partial charge in [0.05, 0.1) is 24.5 Å². The Morgan fingerprint density at radius 1 is 1.25 bits per heavy atom. The van der Waals surface area contributed by atoms with Crippen molar-refractivity contribution in [1.29, 1.82) is 0 Å². The number of likely N-dealkylation sites (tertiary alicyclic amines) is 1. The third-order valence-electron chi connectivity index (χ3n) is 5.33. The average molecular weight is 384 g/mol. The zero-order valence-corrected chi connectivity index (χ0v) is 16.1. The van der Waals surface area contributed by atoms with Crippen LogP contribution in [0.3, 0.4) is 0 Å². The Bertz CT molecular complexity index is 894. The number of nitrogens with one attached hydrogen (secondary N) is 1. The SMILES string of the molecule is COC(=O)N1CCCc2cc(NC(=O)N3CCC[C@H]3c3cc(C)no3)ccc21. The predicted octanol–water partition coefficient (Wildman–Crippen LogP) is 3.87. The molecule has 1 fully saturated rings. The average Bonchev–Trinajstić information content (AvgIpc) is 3.35. The van der Waals surface area contributed by atoms with Gasteiger partial charge in [0.2, 0.25) is 0 Å².